The van der Waals surface area contributed by atoms with Crippen molar-refractivity contribution in [3.63, 3.8) is 0 Å². The summed E-state index contributed by atoms with van der Waals surface area (Å²) in [6.45, 7) is 1.95. The number of hydrogen-bond acceptors (Lipinski definition) is 1. The van der Waals surface area contributed by atoms with Gasteiger partial charge in [-0.1, -0.05) is 12.2 Å². The molecule has 1 nitrogen and oxygen atoms in total. The molecule has 0 aliphatic rings. The van der Waals surface area contributed by atoms with Crippen LogP contribution in [-0.2, 0) is 0 Å². The van der Waals surface area contributed by atoms with Gasteiger partial charge in [-0.15, -0.1) is 0 Å². The molecule has 0 fully saturated rings. The molecule has 0 aliphatic heterocycles. The second-order valence-electron chi connectivity index (χ2n) is 1.19. The van der Waals surface area contributed by atoms with E-state index in [9.17, 15) is 0 Å². The van der Waals surface area contributed by atoms with E-state index >= 15 is 0 Å². The number of hydrogen-bond donors (Lipinski definition) is 1. The SMILES string of the molecule is C/C=C/C/C=C/O. The van der Waals surface area contributed by atoms with E-state index in [0.29, 0.717) is 0 Å². The molecule has 0 radical (unpaired) electrons. The van der Waals surface area contributed by atoms with Gasteiger partial charge in [0.1, 0.15) is 0 Å². The average molecular weight is 98.1 g/mol. The van der Waals surface area contributed by atoms with Gasteiger partial charge in [0, 0.05) is 0 Å². The van der Waals surface area contributed by atoms with Crippen LogP contribution >= 0.6 is 0 Å². The highest BCUT2D eigenvalue weighted by molar-refractivity contribution is 4.86. The minimum absolute atomic E-state index is 0.826. The van der Waals surface area contributed by atoms with E-state index in [1.54, 1.807) is 6.08 Å². The summed E-state index contributed by atoms with van der Waals surface area (Å²) in [7, 11) is 0. The van der Waals surface area contributed by atoms with Gasteiger partial charge in [-0.05, 0) is 19.4 Å². The molecule has 0 heterocycles. The molecule has 0 spiro atoms. The highest BCUT2D eigenvalue weighted by Crippen LogP contribution is 1.81. The maximum absolute atomic E-state index is 8.08. The Bertz CT molecular complexity index is 62.2. The molecule has 0 saturated heterocycles. The van der Waals surface area contributed by atoms with E-state index < -0.39 is 0 Å². The van der Waals surface area contributed by atoms with E-state index in [-0.39, 0.29) is 0 Å². The van der Waals surface area contributed by atoms with Gasteiger partial charge in [0.15, 0.2) is 0 Å². The van der Waals surface area contributed by atoms with E-state index in [0.717, 1.165) is 12.7 Å². The van der Waals surface area contributed by atoms with Gasteiger partial charge in [-0.25, -0.2) is 0 Å². The Kier molecular flexibility index (Phi) is 4.74. The predicted molar refractivity (Wildman–Crippen MR) is 31.2 cm³/mol. The number of allylic oxidation sites excluding steroid dienone is 3. The summed E-state index contributed by atoms with van der Waals surface area (Å²) >= 11 is 0. The van der Waals surface area contributed by atoms with Gasteiger partial charge in [0.2, 0.25) is 0 Å². The first-order valence-electron chi connectivity index (χ1n) is 2.32. The summed E-state index contributed by atoms with van der Waals surface area (Å²) in [4.78, 5) is 0. The standard InChI is InChI=1S/C6H10O/c1-2-3-4-5-6-7/h2-3,5-7H,4H2,1H3/b3-2+,6-5+. The Balaban J connectivity index is 2.98. The average Bonchev–Trinajstić information content (AvgIpc) is 1.69. The summed E-state index contributed by atoms with van der Waals surface area (Å²) in [5.41, 5.74) is 0. The highest BCUT2D eigenvalue weighted by Gasteiger charge is 1.62. The molecule has 0 bridgehead atoms. The molecule has 0 aliphatic carbocycles. The normalized spacial score (nSPS) is 11.6. The summed E-state index contributed by atoms with van der Waals surface area (Å²) in [5, 5.41) is 8.08. The monoisotopic (exact) mass is 98.1 g/mol. The van der Waals surface area contributed by atoms with Crippen molar-refractivity contribution in [1.29, 1.82) is 0 Å². The van der Waals surface area contributed by atoms with Crippen molar-refractivity contribution in [1.82, 2.24) is 0 Å². The van der Waals surface area contributed by atoms with Crippen LogP contribution in [0.2, 0.25) is 0 Å². The van der Waals surface area contributed by atoms with Crippen molar-refractivity contribution >= 4 is 0 Å². The summed E-state index contributed by atoms with van der Waals surface area (Å²) in [6, 6.07) is 0. The zero-order chi connectivity index (χ0) is 5.54. The van der Waals surface area contributed by atoms with Crippen LogP contribution in [0.3, 0.4) is 0 Å². The lowest BCUT2D eigenvalue weighted by atomic mass is 10.4. The molecule has 0 unspecified atom stereocenters. The summed E-state index contributed by atoms with van der Waals surface area (Å²) in [6.07, 6.45) is 7.47. The van der Waals surface area contributed by atoms with Crippen LogP contribution in [0.1, 0.15) is 13.3 Å². The van der Waals surface area contributed by atoms with Crippen LogP contribution in [0.15, 0.2) is 24.5 Å². The lowest BCUT2D eigenvalue weighted by Crippen LogP contribution is -1.54. The molecule has 7 heavy (non-hydrogen) atoms. The van der Waals surface area contributed by atoms with E-state index in [4.69, 9.17) is 5.11 Å². The Hall–Kier alpha value is -0.720. The van der Waals surface area contributed by atoms with Gasteiger partial charge in [0.05, 0.1) is 6.26 Å². The molecule has 0 aromatic heterocycles. The summed E-state index contributed by atoms with van der Waals surface area (Å²) in [5.74, 6) is 0. The van der Waals surface area contributed by atoms with Crippen LogP contribution in [0.4, 0.5) is 0 Å². The van der Waals surface area contributed by atoms with E-state index in [1.807, 2.05) is 19.1 Å². The van der Waals surface area contributed by atoms with Crippen LogP contribution in [0.5, 0.6) is 0 Å². The Morgan fingerprint density at radius 1 is 1.43 bits per heavy atom. The third kappa shape index (κ3) is 5.28. The second-order valence-corrected chi connectivity index (χ2v) is 1.19. The van der Waals surface area contributed by atoms with Crippen molar-refractivity contribution in [2.24, 2.45) is 0 Å². The van der Waals surface area contributed by atoms with Crippen molar-refractivity contribution in [3.8, 4) is 0 Å². The smallest absolute Gasteiger partial charge is 0.0754 e. The fourth-order valence-electron chi connectivity index (χ4n) is 0.276. The molecular weight excluding hydrogens is 88.1 g/mol. The quantitative estimate of drug-likeness (QED) is 0.414. The van der Waals surface area contributed by atoms with Crippen molar-refractivity contribution in [2.75, 3.05) is 0 Å². The van der Waals surface area contributed by atoms with Gasteiger partial charge in [-0.3, -0.25) is 0 Å². The predicted octanol–water partition coefficient (Wildman–Crippen LogP) is 2.02. The first-order chi connectivity index (χ1) is 3.41. The molecule has 0 saturated carbocycles. The second kappa shape index (κ2) is 5.28. The van der Waals surface area contributed by atoms with Crippen LogP contribution in [0, 0.1) is 0 Å². The zero-order valence-electron chi connectivity index (χ0n) is 4.46. The third-order valence-corrected chi connectivity index (χ3v) is 0.613. The fraction of sp³-hybridized carbons (Fsp3) is 0.333. The minimum Gasteiger partial charge on any atom is -0.516 e. The molecular formula is C6H10O. The highest BCUT2D eigenvalue weighted by atomic mass is 16.2. The molecule has 0 amide bonds. The Labute approximate surface area is 44.0 Å². The Morgan fingerprint density at radius 2 is 2.14 bits per heavy atom. The number of aliphatic hydroxyl groups excluding tert-OH is 1. The number of rotatable bonds is 2. The molecule has 0 atom stereocenters. The van der Waals surface area contributed by atoms with Gasteiger partial charge >= 0.3 is 0 Å². The Morgan fingerprint density at radius 3 is 2.57 bits per heavy atom. The molecule has 0 aromatic rings. The first-order valence-corrected chi connectivity index (χ1v) is 2.32. The topological polar surface area (TPSA) is 20.2 Å². The maximum atomic E-state index is 8.08. The van der Waals surface area contributed by atoms with Crippen molar-refractivity contribution in [3.05, 3.63) is 24.5 Å². The zero-order valence-corrected chi connectivity index (χ0v) is 4.46. The fourth-order valence-corrected chi connectivity index (χ4v) is 0.276. The van der Waals surface area contributed by atoms with Gasteiger partial charge in [-0.2, -0.15) is 0 Å². The first kappa shape index (κ1) is 6.28. The van der Waals surface area contributed by atoms with Crippen molar-refractivity contribution < 1.29 is 5.11 Å². The van der Waals surface area contributed by atoms with Crippen molar-refractivity contribution in [2.45, 2.75) is 13.3 Å². The van der Waals surface area contributed by atoms with Gasteiger partial charge in [0.25, 0.3) is 0 Å². The van der Waals surface area contributed by atoms with Crippen LogP contribution in [-0.4, -0.2) is 5.11 Å². The molecule has 1 heteroatoms. The molecule has 0 rings (SSSR count). The van der Waals surface area contributed by atoms with E-state index in [1.165, 1.54) is 0 Å². The minimum atomic E-state index is 0.826. The van der Waals surface area contributed by atoms with Crippen LogP contribution in [0.25, 0.3) is 0 Å². The molecule has 40 valence electrons. The number of aliphatic hydroxyl groups is 1. The summed E-state index contributed by atoms with van der Waals surface area (Å²) < 4.78 is 0. The van der Waals surface area contributed by atoms with Gasteiger partial charge < -0.3 is 5.11 Å². The van der Waals surface area contributed by atoms with Crippen LogP contribution < -0.4 is 0 Å². The lowest BCUT2D eigenvalue weighted by Gasteiger charge is -1.73. The lowest BCUT2D eigenvalue weighted by molar-refractivity contribution is 0.471. The third-order valence-electron chi connectivity index (χ3n) is 0.613. The largest absolute Gasteiger partial charge is 0.516 e. The molecule has 1 N–H and O–H groups in total. The maximum Gasteiger partial charge on any atom is 0.0754 e. The van der Waals surface area contributed by atoms with E-state index in [2.05, 4.69) is 0 Å². The molecule has 0 aromatic carbocycles.